The molecule has 3 heteroatoms. The van der Waals surface area contributed by atoms with Gasteiger partial charge >= 0.3 is 0 Å². The molecule has 0 saturated carbocycles. The highest BCUT2D eigenvalue weighted by Gasteiger charge is 2.52. The molecule has 11 aromatic carbocycles. The molecule has 70 heavy (non-hydrogen) atoms. The summed E-state index contributed by atoms with van der Waals surface area (Å²) in [6.45, 7) is 0. The number of rotatable bonds is 7. The molecule has 1 aliphatic heterocycles. The molecule has 2 aliphatic rings. The van der Waals surface area contributed by atoms with E-state index in [2.05, 4.69) is 277 Å². The van der Waals surface area contributed by atoms with Crippen molar-refractivity contribution in [2.24, 2.45) is 0 Å². The number of thiophene rings is 1. The van der Waals surface area contributed by atoms with E-state index in [0.29, 0.717) is 0 Å². The predicted molar refractivity (Wildman–Crippen MR) is 296 cm³/mol. The molecule has 2 heterocycles. The molecule has 0 amide bonds. The van der Waals surface area contributed by atoms with Gasteiger partial charge in [0.2, 0.25) is 0 Å². The van der Waals surface area contributed by atoms with Gasteiger partial charge < -0.3 is 9.80 Å². The van der Waals surface area contributed by atoms with Gasteiger partial charge in [0.05, 0.1) is 32.9 Å². The summed E-state index contributed by atoms with van der Waals surface area (Å²) in [5, 5.41) is 2.52. The van der Waals surface area contributed by atoms with E-state index in [-0.39, 0.29) is 0 Å². The van der Waals surface area contributed by atoms with E-state index < -0.39 is 5.41 Å². The molecule has 0 saturated heterocycles. The van der Waals surface area contributed by atoms with E-state index >= 15 is 0 Å². The second kappa shape index (κ2) is 16.2. The van der Waals surface area contributed by atoms with Gasteiger partial charge in [0.1, 0.15) is 0 Å². The Morgan fingerprint density at radius 1 is 0.314 bits per heavy atom. The van der Waals surface area contributed by atoms with Gasteiger partial charge in [0, 0.05) is 38.0 Å². The summed E-state index contributed by atoms with van der Waals surface area (Å²) in [4.78, 5) is 4.93. The lowest BCUT2D eigenvalue weighted by molar-refractivity contribution is 0.753. The van der Waals surface area contributed by atoms with Crippen LogP contribution in [0.2, 0.25) is 0 Å². The van der Waals surface area contributed by atoms with Gasteiger partial charge in [-0.2, -0.15) is 0 Å². The highest BCUT2D eigenvalue weighted by atomic mass is 32.1. The maximum atomic E-state index is 2.48. The third kappa shape index (κ3) is 5.98. The van der Waals surface area contributed by atoms with Crippen LogP contribution in [0.3, 0.4) is 0 Å². The van der Waals surface area contributed by atoms with Crippen LogP contribution < -0.4 is 9.80 Å². The Bertz CT molecular complexity index is 3900. The summed E-state index contributed by atoms with van der Waals surface area (Å²) >= 11 is 1.91. The van der Waals surface area contributed by atoms with Crippen molar-refractivity contribution in [3.8, 4) is 44.5 Å². The highest BCUT2D eigenvalue weighted by Crippen LogP contribution is 2.65. The van der Waals surface area contributed by atoms with Gasteiger partial charge in [0.25, 0.3) is 0 Å². The smallest absolute Gasteiger partial charge is 0.0754 e. The minimum Gasteiger partial charge on any atom is -0.310 e. The maximum absolute atomic E-state index is 2.48. The summed E-state index contributed by atoms with van der Waals surface area (Å²) in [5.74, 6) is 0. The van der Waals surface area contributed by atoms with Gasteiger partial charge in [0.15, 0.2) is 0 Å². The zero-order chi connectivity index (χ0) is 46.2. The SMILES string of the molecule is c1ccc(-c2ccc(N(c3ccccc3-c3ccccc3)c3cccc4c3sc3c(-c5cccc6c5-c5ccccc5C65c6ccccc6N(c6ccccc6)c6ccccc65)cccc34)cc2)cc1. The number of para-hydroxylation sites is 4. The summed E-state index contributed by atoms with van der Waals surface area (Å²) in [5.41, 5.74) is 21.5. The molecular formula is C67H44N2S. The first-order valence-corrected chi connectivity index (χ1v) is 24.9. The monoisotopic (exact) mass is 908 g/mol. The first-order valence-electron chi connectivity index (χ1n) is 24.1. The molecule has 12 aromatic rings. The molecule has 0 atom stereocenters. The molecule has 1 spiro atoms. The molecule has 0 unspecified atom stereocenters. The third-order valence-electron chi connectivity index (χ3n) is 14.7. The van der Waals surface area contributed by atoms with Crippen molar-refractivity contribution in [3.05, 3.63) is 289 Å². The molecule has 0 radical (unpaired) electrons. The Hall–Kier alpha value is -8.76. The van der Waals surface area contributed by atoms with Crippen LogP contribution in [0.25, 0.3) is 64.7 Å². The molecule has 0 bridgehead atoms. The number of anilines is 6. The molecule has 14 rings (SSSR count). The predicted octanol–water partition coefficient (Wildman–Crippen LogP) is 18.7. The quantitative estimate of drug-likeness (QED) is 0.157. The normalized spacial score (nSPS) is 12.9. The van der Waals surface area contributed by atoms with E-state index in [1.807, 2.05) is 11.3 Å². The van der Waals surface area contributed by atoms with Crippen molar-refractivity contribution in [3.63, 3.8) is 0 Å². The maximum Gasteiger partial charge on any atom is 0.0754 e. The van der Waals surface area contributed by atoms with Crippen LogP contribution in [0.4, 0.5) is 34.1 Å². The molecule has 0 fully saturated rings. The largest absolute Gasteiger partial charge is 0.310 e. The zero-order valence-electron chi connectivity index (χ0n) is 38.2. The van der Waals surface area contributed by atoms with Gasteiger partial charge in [-0.3, -0.25) is 0 Å². The van der Waals surface area contributed by atoms with Gasteiger partial charge in [-0.25, -0.2) is 0 Å². The number of hydrogen-bond acceptors (Lipinski definition) is 3. The molecule has 1 aliphatic carbocycles. The molecular weight excluding hydrogens is 865 g/mol. The molecule has 328 valence electrons. The molecule has 0 N–H and O–H groups in total. The van der Waals surface area contributed by atoms with Crippen LogP contribution >= 0.6 is 11.3 Å². The Morgan fingerprint density at radius 3 is 1.51 bits per heavy atom. The van der Waals surface area contributed by atoms with E-state index in [4.69, 9.17) is 0 Å². The summed E-state index contributed by atoms with van der Waals surface area (Å²) in [7, 11) is 0. The average Bonchev–Trinajstić information content (AvgIpc) is 3.97. The average molecular weight is 909 g/mol. The minimum absolute atomic E-state index is 0.537. The topological polar surface area (TPSA) is 6.48 Å². The van der Waals surface area contributed by atoms with Crippen LogP contribution in [-0.2, 0) is 5.41 Å². The fourth-order valence-electron chi connectivity index (χ4n) is 11.8. The van der Waals surface area contributed by atoms with Crippen LogP contribution in [0, 0.1) is 0 Å². The fraction of sp³-hybridized carbons (Fsp3) is 0.0149. The van der Waals surface area contributed by atoms with Gasteiger partial charge in [-0.15, -0.1) is 11.3 Å². The van der Waals surface area contributed by atoms with Crippen molar-refractivity contribution in [1.82, 2.24) is 0 Å². The van der Waals surface area contributed by atoms with Crippen molar-refractivity contribution < 1.29 is 0 Å². The first-order chi connectivity index (χ1) is 34.8. The van der Waals surface area contributed by atoms with Crippen molar-refractivity contribution in [1.29, 1.82) is 0 Å². The summed E-state index contributed by atoms with van der Waals surface area (Å²) < 4.78 is 2.53. The highest BCUT2D eigenvalue weighted by molar-refractivity contribution is 7.27. The second-order valence-electron chi connectivity index (χ2n) is 18.3. The zero-order valence-corrected chi connectivity index (χ0v) is 39.0. The van der Waals surface area contributed by atoms with E-state index in [1.165, 1.54) is 98.3 Å². The van der Waals surface area contributed by atoms with Crippen LogP contribution in [0.15, 0.2) is 267 Å². The van der Waals surface area contributed by atoms with E-state index in [9.17, 15) is 0 Å². The summed E-state index contributed by atoms with van der Waals surface area (Å²) in [6, 6.07) is 98.4. The number of fused-ring (bicyclic) bond motifs is 12. The second-order valence-corrected chi connectivity index (χ2v) is 19.3. The molecule has 2 nitrogen and oxygen atoms in total. The van der Waals surface area contributed by atoms with Crippen molar-refractivity contribution in [2.75, 3.05) is 9.80 Å². The first kappa shape index (κ1) is 40.3. The molecule has 1 aromatic heterocycles. The Kier molecular flexibility index (Phi) is 9.33. The number of nitrogens with zero attached hydrogens (tertiary/aromatic N) is 2. The Balaban J connectivity index is 0.993. The van der Waals surface area contributed by atoms with E-state index in [0.717, 1.165) is 22.7 Å². The van der Waals surface area contributed by atoms with Crippen molar-refractivity contribution in [2.45, 2.75) is 5.41 Å². The fourth-order valence-corrected chi connectivity index (χ4v) is 13.1. The van der Waals surface area contributed by atoms with Crippen LogP contribution in [0.5, 0.6) is 0 Å². The van der Waals surface area contributed by atoms with Gasteiger partial charge in [-0.05, 0) is 104 Å². The minimum atomic E-state index is -0.537. The lowest BCUT2D eigenvalue weighted by atomic mass is 9.64. The Morgan fingerprint density at radius 2 is 0.800 bits per heavy atom. The van der Waals surface area contributed by atoms with Crippen LogP contribution in [-0.4, -0.2) is 0 Å². The van der Waals surface area contributed by atoms with Gasteiger partial charge in [-0.1, -0.05) is 218 Å². The van der Waals surface area contributed by atoms with Crippen molar-refractivity contribution >= 4 is 65.6 Å². The van der Waals surface area contributed by atoms with Crippen LogP contribution in [0.1, 0.15) is 22.3 Å². The summed E-state index contributed by atoms with van der Waals surface area (Å²) in [6.07, 6.45) is 0. The lowest BCUT2D eigenvalue weighted by Gasteiger charge is -2.45. The standard InChI is InChI=1S/C67H44N2S/c1-4-21-45(22-5-1)46-41-43-49(44-42-46)68(60-37-15-11-27-50(60)47-23-6-2-7-24-47)63-40-20-32-54-53-31-18-30-52(65(53)70-66(54)63)51-29-19-36-59-64(51)55-28-10-12-33-56(55)67(59)57-34-13-16-38-61(57)69(48-25-8-3-9-26-48)62-39-17-14-35-58(62)67/h1-44H. The van der Waals surface area contributed by atoms with E-state index in [1.54, 1.807) is 0 Å². The lowest BCUT2D eigenvalue weighted by Crippen LogP contribution is -2.36. The Labute approximate surface area is 412 Å². The number of hydrogen-bond donors (Lipinski definition) is 0. The number of benzene rings is 11. The third-order valence-corrected chi connectivity index (χ3v) is 16.0.